The van der Waals surface area contributed by atoms with Gasteiger partial charge in [-0.1, -0.05) is 127 Å². The van der Waals surface area contributed by atoms with Gasteiger partial charge in [0.2, 0.25) is 0 Å². The summed E-state index contributed by atoms with van der Waals surface area (Å²) in [6.07, 6.45) is 27.7. The average molecular weight is 817 g/mol. The van der Waals surface area contributed by atoms with Crippen molar-refractivity contribution in [1.82, 2.24) is 0 Å². The molecule has 4 N–H and O–H groups in total. The lowest BCUT2D eigenvalue weighted by Gasteiger charge is -2.40. The Morgan fingerprint density at radius 2 is 1.09 bits per heavy atom. The molecular formula is C43H76O12S. The Hall–Kier alpha value is -2.13. The number of allylic oxidation sites excluding steroid dienone is 6. The van der Waals surface area contributed by atoms with Gasteiger partial charge in [0.05, 0.1) is 6.61 Å². The quantitative estimate of drug-likeness (QED) is 0.0208. The molecule has 0 aromatic heterocycles. The lowest BCUT2D eigenvalue weighted by Crippen LogP contribution is -2.60. The van der Waals surface area contributed by atoms with Crippen molar-refractivity contribution in [3.8, 4) is 0 Å². The maximum atomic E-state index is 12.7. The lowest BCUT2D eigenvalue weighted by atomic mass is 10.00. The Bertz CT molecular complexity index is 1190. The summed E-state index contributed by atoms with van der Waals surface area (Å²) in [6, 6.07) is 0. The number of aliphatic hydroxyl groups is 3. The molecule has 6 atom stereocenters. The molecule has 0 spiro atoms. The molecule has 13 heteroatoms. The summed E-state index contributed by atoms with van der Waals surface area (Å²) in [7, 11) is -4.60. The van der Waals surface area contributed by atoms with E-state index in [2.05, 4.69) is 50.3 Å². The van der Waals surface area contributed by atoms with Gasteiger partial charge in [0.15, 0.2) is 12.4 Å². The molecule has 12 nitrogen and oxygen atoms in total. The van der Waals surface area contributed by atoms with Gasteiger partial charge in [-0.2, -0.15) is 8.42 Å². The van der Waals surface area contributed by atoms with Crippen LogP contribution in [0.15, 0.2) is 36.5 Å². The zero-order valence-electron chi connectivity index (χ0n) is 34.5. The van der Waals surface area contributed by atoms with E-state index in [1.165, 1.54) is 51.4 Å². The summed E-state index contributed by atoms with van der Waals surface area (Å²) in [5.41, 5.74) is 0. The first-order chi connectivity index (χ1) is 27.0. The van der Waals surface area contributed by atoms with E-state index in [0.29, 0.717) is 12.8 Å². The van der Waals surface area contributed by atoms with Crippen LogP contribution in [0.1, 0.15) is 168 Å². The third kappa shape index (κ3) is 28.3. The summed E-state index contributed by atoms with van der Waals surface area (Å²) in [4.78, 5) is 25.3. The summed E-state index contributed by atoms with van der Waals surface area (Å²) in [5, 5.41) is 30.8. The topological polar surface area (TPSA) is 186 Å². The third-order valence-corrected chi connectivity index (χ3v) is 10.4. The van der Waals surface area contributed by atoms with Crippen molar-refractivity contribution >= 4 is 22.1 Å². The predicted molar refractivity (Wildman–Crippen MR) is 219 cm³/mol. The summed E-state index contributed by atoms with van der Waals surface area (Å²) in [6.45, 7) is 3.66. The van der Waals surface area contributed by atoms with Gasteiger partial charge in [-0.25, -0.2) is 0 Å². The highest BCUT2D eigenvalue weighted by Crippen LogP contribution is 2.24. The van der Waals surface area contributed by atoms with E-state index in [4.69, 9.17) is 18.9 Å². The lowest BCUT2D eigenvalue weighted by molar-refractivity contribution is -0.297. The van der Waals surface area contributed by atoms with Crippen molar-refractivity contribution in [1.29, 1.82) is 0 Å². The van der Waals surface area contributed by atoms with E-state index in [0.717, 1.165) is 77.0 Å². The minimum Gasteiger partial charge on any atom is -0.462 e. The first-order valence-electron chi connectivity index (χ1n) is 21.5. The molecule has 1 rings (SSSR count). The number of hydrogen-bond acceptors (Lipinski definition) is 11. The van der Waals surface area contributed by atoms with Crippen LogP contribution in [0.2, 0.25) is 0 Å². The van der Waals surface area contributed by atoms with Gasteiger partial charge in [-0.3, -0.25) is 14.1 Å². The van der Waals surface area contributed by atoms with Crippen molar-refractivity contribution in [2.75, 3.05) is 19.0 Å². The van der Waals surface area contributed by atoms with Crippen molar-refractivity contribution in [2.24, 2.45) is 0 Å². The molecule has 326 valence electrons. The van der Waals surface area contributed by atoms with Crippen LogP contribution in [0.3, 0.4) is 0 Å². The van der Waals surface area contributed by atoms with E-state index in [-0.39, 0.29) is 19.4 Å². The minimum atomic E-state index is -4.60. The normalized spacial score (nSPS) is 21.0. The van der Waals surface area contributed by atoms with Gasteiger partial charge in [0.25, 0.3) is 10.1 Å². The molecule has 1 heterocycles. The molecule has 1 fully saturated rings. The number of esters is 2. The van der Waals surface area contributed by atoms with Crippen molar-refractivity contribution in [3.05, 3.63) is 36.5 Å². The zero-order valence-corrected chi connectivity index (χ0v) is 35.3. The Kier molecular flexibility index (Phi) is 31.3. The molecule has 1 aliphatic heterocycles. The van der Waals surface area contributed by atoms with Gasteiger partial charge >= 0.3 is 11.9 Å². The van der Waals surface area contributed by atoms with Crippen molar-refractivity contribution in [3.63, 3.8) is 0 Å². The fraction of sp³-hybridized carbons (Fsp3) is 0.814. The highest BCUT2D eigenvalue weighted by molar-refractivity contribution is 7.85. The fourth-order valence-electron chi connectivity index (χ4n) is 6.27. The number of hydrogen-bond donors (Lipinski definition) is 4. The van der Waals surface area contributed by atoms with Crippen LogP contribution in [0.5, 0.6) is 0 Å². The average Bonchev–Trinajstić information content (AvgIpc) is 3.16. The van der Waals surface area contributed by atoms with E-state index in [9.17, 15) is 37.9 Å². The van der Waals surface area contributed by atoms with Crippen LogP contribution >= 0.6 is 0 Å². The number of unbranched alkanes of at least 4 members (excludes halogenated alkanes) is 17. The smallest absolute Gasteiger partial charge is 0.306 e. The molecule has 0 amide bonds. The largest absolute Gasteiger partial charge is 0.462 e. The molecule has 1 aliphatic rings. The SMILES string of the molecule is CCCC/C=C/CCCCCCCC(=O)O[C@H](COC(=O)CCCCCCCCC/C=C/C/C=C/CCCCC)CO[C@H]1O[C@H](CS(=O)(=O)O)[C@@H](O)C(O)C1O. The second-order valence-corrected chi connectivity index (χ2v) is 16.5. The number of aliphatic hydroxyl groups excluding tert-OH is 3. The van der Waals surface area contributed by atoms with Crippen LogP contribution in [-0.4, -0.2) is 96.0 Å². The third-order valence-electron chi connectivity index (χ3n) is 9.69. The Morgan fingerprint density at radius 3 is 1.64 bits per heavy atom. The van der Waals surface area contributed by atoms with Crippen LogP contribution < -0.4 is 0 Å². The van der Waals surface area contributed by atoms with Gasteiger partial charge in [-0.05, 0) is 64.2 Å². The number of rotatable bonds is 35. The van der Waals surface area contributed by atoms with Crippen LogP contribution in [0.25, 0.3) is 0 Å². The van der Waals surface area contributed by atoms with E-state index >= 15 is 0 Å². The van der Waals surface area contributed by atoms with Crippen LogP contribution in [0.4, 0.5) is 0 Å². The fourth-order valence-corrected chi connectivity index (χ4v) is 6.97. The Morgan fingerprint density at radius 1 is 0.607 bits per heavy atom. The molecule has 1 saturated heterocycles. The molecule has 0 bridgehead atoms. The first kappa shape index (κ1) is 51.9. The number of carbonyl (C=O) groups excluding carboxylic acids is 2. The summed E-state index contributed by atoms with van der Waals surface area (Å²) >= 11 is 0. The monoisotopic (exact) mass is 817 g/mol. The van der Waals surface area contributed by atoms with Crippen LogP contribution in [-0.2, 0) is 38.7 Å². The first-order valence-corrected chi connectivity index (χ1v) is 23.2. The van der Waals surface area contributed by atoms with E-state index in [1.807, 2.05) is 0 Å². The highest BCUT2D eigenvalue weighted by Gasteiger charge is 2.46. The molecule has 56 heavy (non-hydrogen) atoms. The summed E-state index contributed by atoms with van der Waals surface area (Å²) < 4.78 is 53.9. The van der Waals surface area contributed by atoms with Gasteiger partial charge < -0.3 is 34.3 Å². The van der Waals surface area contributed by atoms with Crippen LogP contribution in [0, 0.1) is 0 Å². The maximum absolute atomic E-state index is 12.7. The second-order valence-electron chi connectivity index (χ2n) is 15.0. The van der Waals surface area contributed by atoms with Crippen molar-refractivity contribution < 1.29 is 56.8 Å². The highest BCUT2D eigenvalue weighted by atomic mass is 32.2. The minimum absolute atomic E-state index is 0.152. The molecule has 0 aliphatic carbocycles. The number of carbonyl (C=O) groups is 2. The van der Waals surface area contributed by atoms with Crippen molar-refractivity contribution in [2.45, 2.75) is 205 Å². The second kappa shape index (κ2) is 33.8. The van der Waals surface area contributed by atoms with E-state index in [1.54, 1.807) is 0 Å². The molecule has 2 unspecified atom stereocenters. The molecule has 0 saturated carbocycles. The Balaban J connectivity index is 2.46. The standard InChI is InChI=1S/C43H76O12S/c1-3-5-7-9-11-13-15-16-17-18-19-20-22-23-25-27-29-31-38(44)52-33-36(54-39(45)32-30-28-26-24-21-14-12-10-8-6-4-2)34-53-43-42(48)41(47)40(46)37(55-43)35-56(49,50)51/h10-13,16-17,36-37,40-43,46-48H,3-9,14-15,18-35H2,1-2H3,(H,49,50,51)/b12-10+,13-11+,17-16+/t36-,37-,40-,41?,42?,43+/m1/s1. The van der Waals surface area contributed by atoms with E-state index < -0.39 is 71.2 Å². The summed E-state index contributed by atoms with van der Waals surface area (Å²) in [5.74, 6) is -2.01. The van der Waals surface area contributed by atoms with Gasteiger partial charge in [0.1, 0.15) is 36.8 Å². The van der Waals surface area contributed by atoms with Gasteiger partial charge in [-0.15, -0.1) is 0 Å². The molecular weight excluding hydrogens is 741 g/mol. The number of ether oxygens (including phenoxy) is 4. The zero-order chi connectivity index (χ0) is 41.3. The molecule has 0 aromatic carbocycles. The molecule has 0 aromatic rings. The Labute approximate surface area is 338 Å². The predicted octanol–water partition coefficient (Wildman–Crippen LogP) is 8.22. The maximum Gasteiger partial charge on any atom is 0.306 e. The molecule has 0 radical (unpaired) electrons. The van der Waals surface area contributed by atoms with Gasteiger partial charge in [0, 0.05) is 12.8 Å².